The Bertz CT molecular complexity index is 994. The van der Waals surface area contributed by atoms with E-state index in [4.69, 9.17) is 16.3 Å². The molecule has 0 spiro atoms. The van der Waals surface area contributed by atoms with Gasteiger partial charge in [-0.15, -0.1) is 0 Å². The van der Waals surface area contributed by atoms with Gasteiger partial charge in [-0.05, 0) is 56.3 Å². The maximum absolute atomic E-state index is 12.1. The van der Waals surface area contributed by atoms with E-state index in [2.05, 4.69) is 20.1 Å². The Morgan fingerprint density at radius 3 is 2.67 bits per heavy atom. The van der Waals surface area contributed by atoms with Gasteiger partial charge in [-0.3, -0.25) is 4.79 Å². The van der Waals surface area contributed by atoms with E-state index in [0.717, 1.165) is 28.4 Å². The number of rotatable bonds is 5. The van der Waals surface area contributed by atoms with Crippen molar-refractivity contribution < 1.29 is 9.53 Å². The summed E-state index contributed by atoms with van der Waals surface area (Å²) in [6, 6.07) is 13.1. The molecule has 6 nitrogen and oxygen atoms in total. The number of methoxy groups -OCH3 is 1. The van der Waals surface area contributed by atoms with Crippen LogP contribution in [0.3, 0.4) is 0 Å². The first-order valence-electron chi connectivity index (χ1n) is 8.28. The van der Waals surface area contributed by atoms with Crippen LogP contribution in [0.25, 0.3) is 5.69 Å². The average molecular weight is 383 g/mol. The monoisotopic (exact) mass is 382 g/mol. The molecule has 0 radical (unpaired) electrons. The topological polar surface area (TPSA) is 68.5 Å². The maximum atomic E-state index is 12.1. The summed E-state index contributed by atoms with van der Waals surface area (Å²) in [5, 5.41) is 4.19. The number of carbonyl (C=O) groups is 1. The second kappa shape index (κ2) is 8.05. The second-order valence-electron chi connectivity index (χ2n) is 5.90. The fraction of sp³-hybridized carbons (Fsp3) is 0.150. The summed E-state index contributed by atoms with van der Waals surface area (Å²) >= 11 is 5.92. The number of amides is 1. The number of hydrogen-bond donors (Lipinski definition) is 1. The zero-order chi connectivity index (χ0) is 19.4. The Morgan fingerprint density at radius 2 is 2.00 bits per heavy atom. The smallest absolute Gasteiger partial charge is 0.274 e. The van der Waals surface area contributed by atoms with E-state index in [1.54, 1.807) is 25.5 Å². The maximum Gasteiger partial charge on any atom is 0.274 e. The highest BCUT2D eigenvalue weighted by Gasteiger charge is 2.11. The van der Waals surface area contributed by atoms with Crippen LogP contribution in [0.5, 0.6) is 5.75 Å². The van der Waals surface area contributed by atoms with Crippen molar-refractivity contribution in [1.82, 2.24) is 15.0 Å². The zero-order valence-corrected chi connectivity index (χ0v) is 16.0. The largest absolute Gasteiger partial charge is 0.497 e. The van der Waals surface area contributed by atoms with Crippen LogP contribution in [0.1, 0.15) is 27.3 Å². The lowest BCUT2D eigenvalue weighted by Crippen LogP contribution is -2.18. The van der Waals surface area contributed by atoms with Crippen molar-refractivity contribution in [3.63, 3.8) is 0 Å². The molecule has 0 fully saturated rings. The summed E-state index contributed by atoms with van der Waals surface area (Å²) in [7, 11) is 1.64. The van der Waals surface area contributed by atoms with Gasteiger partial charge in [0.2, 0.25) is 0 Å². The highest BCUT2D eigenvalue weighted by Crippen LogP contribution is 2.22. The van der Waals surface area contributed by atoms with E-state index in [1.807, 2.05) is 44.2 Å². The van der Waals surface area contributed by atoms with Crippen molar-refractivity contribution in [2.45, 2.75) is 13.8 Å². The number of aryl methyl sites for hydroxylation is 1. The van der Waals surface area contributed by atoms with Crippen molar-refractivity contribution in [2.75, 3.05) is 7.11 Å². The van der Waals surface area contributed by atoms with Crippen molar-refractivity contribution in [2.24, 2.45) is 5.10 Å². The molecule has 0 saturated heterocycles. The molecule has 3 aromatic rings. The first kappa shape index (κ1) is 18.7. The number of aromatic nitrogens is 2. The molecule has 0 atom stereocenters. The average Bonchev–Trinajstić information content (AvgIpc) is 2.95. The highest BCUT2D eigenvalue weighted by atomic mass is 35.5. The third-order valence-corrected chi connectivity index (χ3v) is 4.48. The van der Waals surface area contributed by atoms with Crippen molar-refractivity contribution in [1.29, 1.82) is 0 Å². The van der Waals surface area contributed by atoms with Gasteiger partial charge in [0.15, 0.2) is 0 Å². The minimum Gasteiger partial charge on any atom is -0.497 e. The van der Waals surface area contributed by atoms with Crippen LogP contribution in [0.2, 0.25) is 5.15 Å². The molecule has 0 unspecified atom stereocenters. The van der Waals surface area contributed by atoms with E-state index >= 15 is 0 Å². The SMILES string of the molecule is COc1ccc(-n2c(C)cc(C=NNC(=O)c3cccnc3Cl)c2C)cc1. The number of nitrogens with one attached hydrogen (secondary N) is 1. The molecular weight excluding hydrogens is 364 g/mol. The van der Waals surface area contributed by atoms with Gasteiger partial charge in [0, 0.05) is 28.8 Å². The normalized spacial score (nSPS) is 11.0. The van der Waals surface area contributed by atoms with Gasteiger partial charge >= 0.3 is 0 Å². The first-order chi connectivity index (χ1) is 13.0. The number of hydrogen-bond acceptors (Lipinski definition) is 4. The Kier molecular flexibility index (Phi) is 5.57. The predicted molar refractivity (Wildman–Crippen MR) is 106 cm³/mol. The van der Waals surface area contributed by atoms with Gasteiger partial charge in [0.25, 0.3) is 5.91 Å². The summed E-state index contributed by atoms with van der Waals surface area (Å²) < 4.78 is 7.32. The van der Waals surface area contributed by atoms with Crippen LogP contribution < -0.4 is 10.2 Å². The van der Waals surface area contributed by atoms with Gasteiger partial charge < -0.3 is 9.30 Å². The third-order valence-electron chi connectivity index (χ3n) is 4.17. The van der Waals surface area contributed by atoms with E-state index in [1.165, 1.54) is 6.20 Å². The molecule has 0 aliphatic carbocycles. The molecule has 138 valence electrons. The summed E-state index contributed by atoms with van der Waals surface area (Å²) in [5.74, 6) is 0.396. The summed E-state index contributed by atoms with van der Waals surface area (Å²) in [6.45, 7) is 4.01. The number of pyridine rings is 1. The molecular formula is C20H19ClN4O2. The number of benzene rings is 1. The van der Waals surface area contributed by atoms with Crippen LogP contribution in [-0.4, -0.2) is 28.8 Å². The number of ether oxygens (including phenoxy) is 1. The first-order valence-corrected chi connectivity index (χ1v) is 8.66. The third kappa shape index (κ3) is 4.01. The van der Waals surface area contributed by atoms with Gasteiger partial charge in [-0.1, -0.05) is 11.6 Å². The number of halogens is 1. The van der Waals surface area contributed by atoms with Crippen LogP contribution in [0, 0.1) is 13.8 Å². The molecule has 0 aliphatic rings. The second-order valence-corrected chi connectivity index (χ2v) is 6.26. The zero-order valence-electron chi connectivity index (χ0n) is 15.2. The van der Waals surface area contributed by atoms with Crippen molar-refractivity contribution in [3.8, 4) is 11.4 Å². The van der Waals surface area contributed by atoms with E-state index in [0.29, 0.717) is 0 Å². The summed E-state index contributed by atoms with van der Waals surface area (Å²) in [5.41, 5.74) is 6.75. The predicted octanol–water partition coefficient (Wildman–Crippen LogP) is 3.92. The number of nitrogens with zero attached hydrogens (tertiary/aromatic N) is 3. The van der Waals surface area contributed by atoms with Crippen LogP contribution in [0.15, 0.2) is 53.8 Å². The van der Waals surface area contributed by atoms with Gasteiger partial charge in [-0.25, -0.2) is 10.4 Å². The van der Waals surface area contributed by atoms with Gasteiger partial charge in [0.1, 0.15) is 10.9 Å². The molecule has 7 heteroatoms. The van der Waals surface area contributed by atoms with Crippen LogP contribution in [-0.2, 0) is 0 Å². The standard InChI is InChI=1S/C20H19ClN4O2/c1-13-11-15(12-23-24-20(26)18-5-4-10-22-19(18)21)14(2)25(13)16-6-8-17(27-3)9-7-16/h4-12H,1-3H3,(H,24,26). The Labute approximate surface area is 162 Å². The van der Waals surface area contributed by atoms with Crippen molar-refractivity contribution in [3.05, 3.63) is 76.3 Å². The van der Waals surface area contributed by atoms with E-state index in [9.17, 15) is 4.79 Å². The lowest BCUT2D eigenvalue weighted by molar-refractivity contribution is 0.0955. The fourth-order valence-corrected chi connectivity index (χ4v) is 3.03. The Hall–Kier alpha value is -3.12. The molecule has 2 aromatic heterocycles. The highest BCUT2D eigenvalue weighted by molar-refractivity contribution is 6.32. The van der Waals surface area contributed by atoms with Crippen LogP contribution in [0.4, 0.5) is 0 Å². The van der Waals surface area contributed by atoms with Crippen molar-refractivity contribution >= 4 is 23.7 Å². The minimum atomic E-state index is -0.409. The summed E-state index contributed by atoms with van der Waals surface area (Å²) in [4.78, 5) is 16.0. The molecule has 0 aliphatic heterocycles. The van der Waals surface area contributed by atoms with E-state index in [-0.39, 0.29) is 10.7 Å². The lowest BCUT2D eigenvalue weighted by Gasteiger charge is -2.10. The van der Waals surface area contributed by atoms with Crippen LogP contribution >= 0.6 is 11.6 Å². The Balaban J connectivity index is 1.79. The molecule has 3 rings (SSSR count). The quantitative estimate of drug-likeness (QED) is 0.413. The molecule has 1 N–H and O–H groups in total. The molecule has 1 amide bonds. The van der Waals surface area contributed by atoms with E-state index < -0.39 is 5.91 Å². The molecule has 1 aromatic carbocycles. The van der Waals surface area contributed by atoms with Gasteiger partial charge in [-0.2, -0.15) is 5.10 Å². The lowest BCUT2D eigenvalue weighted by atomic mass is 10.2. The van der Waals surface area contributed by atoms with Gasteiger partial charge in [0.05, 0.1) is 18.9 Å². The molecule has 27 heavy (non-hydrogen) atoms. The number of carbonyl (C=O) groups excluding carboxylic acids is 1. The number of hydrazone groups is 1. The summed E-state index contributed by atoms with van der Waals surface area (Å²) in [6.07, 6.45) is 3.14. The minimum absolute atomic E-state index is 0.142. The Morgan fingerprint density at radius 1 is 1.26 bits per heavy atom. The molecule has 0 saturated carbocycles. The fourth-order valence-electron chi connectivity index (χ4n) is 2.82. The molecule has 2 heterocycles. The molecule has 0 bridgehead atoms.